The van der Waals surface area contributed by atoms with E-state index in [1.807, 2.05) is 0 Å². The minimum absolute atomic E-state index is 0.142. The van der Waals surface area contributed by atoms with E-state index in [9.17, 15) is 14.9 Å². The van der Waals surface area contributed by atoms with Gasteiger partial charge < -0.3 is 4.57 Å². The van der Waals surface area contributed by atoms with E-state index in [1.54, 1.807) is 12.1 Å². The molecule has 98 valence electrons. The smallest absolute Gasteiger partial charge is 0.286 e. The van der Waals surface area contributed by atoms with Gasteiger partial charge in [-0.15, -0.1) is 0 Å². The van der Waals surface area contributed by atoms with Crippen molar-refractivity contribution >= 4 is 33.2 Å². The Bertz CT molecular complexity index is 685. The Morgan fingerprint density at radius 2 is 2.21 bits per heavy atom. The number of rotatable bonds is 3. The van der Waals surface area contributed by atoms with Crippen LogP contribution in [0, 0.1) is 10.1 Å². The molecule has 0 spiro atoms. The number of aromatic nitrogens is 2. The molecule has 0 fully saturated rings. The van der Waals surface area contributed by atoms with Gasteiger partial charge in [0.05, 0.1) is 22.1 Å². The van der Waals surface area contributed by atoms with E-state index in [0.717, 1.165) is 5.56 Å². The van der Waals surface area contributed by atoms with E-state index in [0.29, 0.717) is 5.15 Å². The highest BCUT2D eigenvalue weighted by atomic mass is 79.9. The molecule has 2 aromatic heterocycles. The lowest BCUT2D eigenvalue weighted by Crippen LogP contribution is -2.21. The van der Waals surface area contributed by atoms with Gasteiger partial charge in [-0.05, 0) is 27.6 Å². The van der Waals surface area contributed by atoms with Crippen LogP contribution in [-0.2, 0) is 6.54 Å². The minimum Gasteiger partial charge on any atom is -0.303 e. The van der Waals surface area contributed by atoms with E-state index in [4.69, 9.17) is 11.6 Å². The molecule has 0 unspecified atom stereocenters. The summed E-state index contributed by atoms with van der Waals surface area (Å²) in [5.74, 6) is 0. The second-order valence-electron chi connectivity index (χ2n) is 3.73. The molecule has 2 heterocycles. The van der Waals surface area contributed by atoms with Gasteiger partial charge in [0.1, 0.15) is 5.15 Å². The first-order valence-electron chi connectivity index (χ1n) is 5.12. The van der Waals surface area contributed by atoms with Gasteiger partial charge in [-0.1, -0.05) is 17.7 Å². The van der Waals surface area contributed by atoms with Crippen LogP contribution in [0.5, 0.6) is 0 Å². The summed E-state index contributed by atoms with van der Waals surface area (Å²) in [6.07, 6.45) is 2.71. The first-order chi connectivity index (χ1) is 8.97. The Hall–Kier alpha value is -1.73. The van der Waals surface area contributed by atoms with Crippen molar-refractivity contribution in [1.82, 2.24) is 9.55 Å². The van der Waals surface area contributed by atoms with Crippen molar-refractivity contribution < 1.29 is 4.92 Å². The Labute approximate surface area is 120 Å². The maximum Gasteiger partial charge on any atom is 0.286 e. The Kier molecular flexibility index (Phi) is 3.96. The SMILES string of the molecule is O=c1c(Br)cc([N+](=O)[O-])cn1Cc1ccc(Cl)nc1. The van der Waals surface area contributed by atoms with Gasteiger partial charge in [0.25, 0.3) is 11.2 Å². The molecule has 2 rings (SSSR count). The minimum atomic E-state index is -0.555. The molecule has 0 aliphatic rings. The summed E-state index contributed by atoms with van der Waals surface area (Å²) in [6.45, 7) is 0.184. The van der Waals surface area contributed by atoms with Gasteiger partial charge in [0.2, 0.25) is 0 Å². The third-order valence-corrected chi connectivity index (χ3v) is 3.17. The summed E-state index contributed by atoms with van der Waals surface area (Å²) in [6, 6.07) is 4.47. The van der Waals surface area contributed by atoms with E-state index in [-0.39, 0.29) is 22.3 Å². The van der Waals surface area contributed by atoms with Crippen molar-refractivity contribution in [3.63, 3.8) is 0 Å². The summed E-state index contributed by atoms with van der Waals surface area (Å²) in [7, 11) is 0. The normalized spacial score (nSPS) is 10.4. The van der Waals surface area contributed by atoms with Crippen molar-refractivity contribution in [1.29, 1.82) is 0 Å². The van der Waals surface area contributed by atoms with Crippen LogP contribution in [0.3, 0.4) is 0 Å². The van der Waals surface area contributed by atoms with Crippen LogP contribution in [0.2, 0.25) is 5.15 Å². The van der Waals surface area contributed by atoms with Gasteiger partial charge in [0, 0.05) is 12.3 Å². The standard InChI is InChI=1S/C11H7BrClN3O3/c12-9-3-8(16(18)19)6-15(11(9)17)5-7-1-2-10(13)14-4-7/h1-4,6H,5H2. The average molecular weight is 345 g/mol. The van der Waals surface area contributed by atoms with Crippen LogP contribution >= 0.6 is 27.5 Å². The van der Waals surface area contributed by atoms with Gasteiger partial charge >= 0.3 is 0 Å². The summed E-state index contributed by atoms with van der Waals surface area (Å²) < 4.78 is 1.39. The number of hydrogen-bond donors (Lipinski definition) is 0. The molecule has 6 nitrogen and oxygen atoms in total. The highest BCUT2D eigenvalue weighted by molar-refractivity contribution is 9.10. The highest BCUT2D eigenvalue weighted by Crippen LogP contribution is 2.15. The monoisotopic (exact) mass is 343 g/mol. The Morgan fingerprint density at radius 3 is 2.79 bits per heavy atom. The third-order valence-electron chi connectivity index (χ3n) is 2.38. The van der Waals surface area contributed by atoms with E-state index >= 15 is 0 Å². The molecule has 0 bridgehead atoms. The average Bonchev–Trinajstić information content (AvgIpc) is 2.37. The van der Waals surface area contributed by atoms with Gasteiger partial charge in [-0.2, -0.15) is 0 Å². The molecule has 0 saturated carbocycles. The van der Waals surface area contributed by atoms with E-state index in [1.165, 1.54) is 23.0 Å². The molecule has 0 aliphatic carbocycles. The Morgan fingerprint density at radius 1 is 1.47 bits per heavy atom. The maximum atomic E-state index is 11.9. The first-order valence-corrected chi connectivity index (χ1v) is 6.29. The fourth-order valence-corrected chi connectivity index (χ4v) is 2.07. The van der Waals surface area contributed by atoms with Crippen molar-refractivity contribution in [2.24, 2.45) is 0 Å². The molecule has 0 radical (unpaired) electrons. The molecular weight excluding hydrogens is 337 g/mol. The molecule has 0 N–H and O–H groups in total. The molecule has 8 heteroatoms. The van der Waals surface area contributed by atoms with Crippen LogP contribution < -0.4 is 5.56 Å². The molecule has 2 aromatic rings. The zero-order valence-corrected chi connectivity index (χ0v) is 11.8. The number of pyridine rings is 2. The predicted octanol–water partition coefficient (Wildman–Crippen LogP) is 2.62. The first kappa shape index (κ1) is 13.7. The Balaban J connectivity index is 2.41. The van der Waals surface area contributed by atoms with Crippen LogP contribution in [0.25, 0.3) is 0 Å². The number of nitrogens with zero attached hydrogens (tertiary/aromatic N) is 3. The van der Waals surface area contributed by atoms with E-state index in [2.05, 4.69) is 20.9 Å². The zero-order valence-electron chi connectivity index (χ0n) is 9.42. The molecule has 0 aromatic carbocycles. The van der Waals surface area contributed by atoms with Gasteiger partial charge in [-0.25, -0.2) is 4.98 Å². The maximum absolute atomic E-state index is 11.9. The summed E-state index contributed by atoms with van der Waals surface area (Å²) in [5.41, 5.74) is 0.216. The van der Waals surface area contributed by atoms with Crippen LogP contribution in [0.4, 0.5) is 5.69 Å². The summed E-state index contributed by atoms with van der Waals surface area (Å²) >= 11 is 8.68. The topological polar surface area (TPSA) is 78.0 Å². The van der Waals surface area contributed by atoms with Crippen LogP contribution in [0.15, 0.2) is 39.9 Å². The van der Waals surface area contributed by atoms with Crippen LogP contribution in [0.1, 0.15) is 5.56 Å². The molecular formula is C11H7BrClN3O3. The second-order valence-corrected chi connectivity index (χ2v) is 4.97. The molecule has 0 aliphatic heterocycles. The van der Waals surface area contributed by atoms with Crippen molar-refractivity contribution in [3.05, 3.63) is 66.3 Å². The summed E-state index contributed by atoms with van der Waals surface area (Å²) in [5, 5.41) is 11.1. The van der Waals surface area contributed by atoms with Crippen LogP contribution in [-0.4, -0.2) is 14.5 Å². The number of hydrogen-bond acceptors (Lipinski definition) is 4. The second kappa shape index (κ2) is 5.50. The molecule has 0 amide bonds. The van der Waals surface area contributed by atoms with Crippen molar-refractivity contribution in [3.8, 4) is 0 Å². The third kappa shape index (κ3) is 3.18. The van der Waals surface area contributed by atoms with Gasteiger partial charge in [-0.3, -0.25) is 14.9 Å². The lowest BCUT2D eigenvalue weighted by atomic mass is 10.3. The largest absolute Gasteiger partial charge is 0.303 e. The molecule has 0 atom stereocenters. The van der Waals surface area contributed by atoms with Crippen molar-refractivity contribution in [2.75, 3.05) is 0 Å². The summed E-state index contributed by atoms with van der Waals surface area (Å²) in [4.78, 5) is 25.9. The van der Waals surface area contributed by atoms with E-state index < -0.39 is 4.92 Å². The van der Waals surface area contributed by atoms with Crippen molar-refractivity contribution in [2.45, 2.75) is 6.54 Å². The van der Waals surface area contributed by atoms with Gasteiger partial charge in [0.15, 0.2) is 0 Å². The molecule has 0 saturated heterocycles. The number of nitro groups is 1. The predicted molar refractivity (Wildman–Crippen MR) is 73.4 cm³/mol. The number of halogens is 2. The zero-order chi connectivity index (χ0) is 14.0. The fourth-order valence-electron chi connectivity index (χ4n) is 1.50. The lowest BCUT2D eigenvalue weighted by Gasteiger charge is -2.06. The lowest BCUT2D eigenvalue weighted by molar-refractivity contribution is -0.385. The highest BCUT2D eigenvalue weighted by Gasteiger charge is 2.12. The fraction of sp³-hybridized carbons (Fsp3) is 0.0909. The quantitative estimate of drug-likeness (QED) is 0.487. The molecule has 19 heavy (non-hydrogen) atoms.